The van der Waals surface area contributed by atoms with Gasteiger partial charge in [0.2, 0.25) is 11.1 Å². The molecule has 1 heterocycles. The monoisotopic (exact) mass is 397 g/mol. The molecule has 9 heteroatoms. The van der Waals surface area contributed by atoms with Crippen molar-refractivity contribution in [2.45, 2.75) is 19.0 Å². The van der Waals surface area contributed by atoms with Crippen LogP contribution >= 0.6 is 11.8 Å². The maximum atomic E-state index is 12.4. The van der Waals surface area contributed by atoms with Crippen molar-refractivity contribution in [1.82, 2.24) is 20.2 Å². The molecule has 0 radical (unpaired) electrons. The first-order valence-corrected chi connectivity index (χ1v) is 9.60. The SMILES string of the molecule is CCOc1ccc(C(=O)CSc2nnnn2-c2cccc(NC(C)=O)c2)cc1. The number of amides is 1. The molecule has 3 aromatic rings. The third-order valence-corrected chi connectivity index (χ3v) is 4.59. The van der Waals surface area contributed by atoms with Gasteiger partial charge in [-0.15, -0.1) is 5.10 Å². The number of hydrogen-bond acceptors (Lipinski definition) is 7. The van der Waals surface area contributed by atoms with Crippen LogP contribution in [0.4, 0.5) is 5.69 Å². The van der Waals surface area contributed by atoms with Crippen molar-refractivity contribution in [1.29, 1.82) is 0 Å². The fourth-order valence-corrected chi connectivity index (χ4v) is 3.25. The van der Waals surface area contributed by atoms with Gasteiger partial charge in [-0.2, -0.15) is 4.68 Å². The predicted octanol–water partition coefficient (Wildman–Crippen LogP) is 2.99. The number of hydrogen-bond donors (Lipinski definition) is 1. The molecule has 8 nitrogen and oxygen atoms in total. The van der Waals surface area contributed by atoms with Crippen molar-refractivity contribution in [3.63, 3.8) is 0 Å². The summed E-state index contributed by atoms with van der Waals surface area (Å²) in [6, 6.07) is 14.2. The number of Topliss-reactive ketones (excluding diaryl/α,β-unsaturated/α-hetero) is 1. The van der Waals surface area contributed by atoms with Crippen molar-refractivity contribution in [3.8, 4) is 11.4 Å². The van der Waals surface area contributed by atoms with Crippen molar-refractivity contribution in [2.24, 2.45) is 0 Å². The average Bonchev–Trinajstić information content (AvgIpc) is 3.15. The number of ether oxygens (including phenoxy) is 1. The van der Waals surface area contributed by atoms with E-state index < -0.39 is 0 Å². The van der Waals surface area contributed by atoms with Gasteiger partial charge in [0.05, 0.1) is 18.0 Å². The largest absolute Gasteiger partial charge is 0.494 e. The summed E-state index contributed by atoms with van der Waals surface area (Å²) in [5, 5.41) is 14.9. The molecule has 1 amide bonds. The number of carbonyl (C=O) groups is 2. The van der Waals surface area contributed by atoms with E-state index in [1.165, 1.54) is 23.4 Å². The Balaban J connectivity index is 1.69. The van der Waals surface area contributed by atoms with E-state index in [4.69, 9.17) is 4.74 Å². The zero-order chi connectivity index (χ0) is 19.9. The predicted molar refractivity (Wildman–Crippen MR) is 106 cm³/mol. The molecule has 28 heavy (non-hydrogen) atoms. The molecule has 0 saturated carbocycles. The zero-order valence-corrected chi connectivity index (χ0v) is 16.3. The van der Waals surface area contributed by atoms with E-state index in [0.29, 0.717) is 28.7 Å². The number of anilines is 1. The van der Waals surface area contributed by atoms with Crippen LogP contribution in [0, 0.1) is 0 Å². The van der Waals surface area contributed by atoms with Crippen LogP contribution in [0.3, 0.4) is 0 Å². The maximum absolute atomic E-state index is 12.4. The number of aromatic nitrogens is 4. The second-order valence-electron chi connectivity index (χ2n) is 5.77. The number of thioether (sulfide) groups is 1. The van der Waals surface area contributed by atoms with Gasteiger partial charge in [-0.3, -0.25) is 9.59 Å². The van der Waals surface area contributed by atoms with Gasteiger partial charge in [-0.25, -0.2) is 0 Å². The number of benzene rings is 2. The Labute approximate surface area is 166 Å². The van der Waals surface area contributed by atoms with E-state index in [0.717, 1.165) is 5.75 Å². The number of nitrogens with zero attached hydrogens (tertiary/aromatic N) is 4. The topological polar surface area (TPSA) is 99.0 Å². The molecule has 1 N–H and O–H groups in total. The highest BCUT2D eigenvalue weighted by atomic mass is 32.2. The molecule has 0 fully saturated rings. The molecule has 0 spiro atoms. The molecule has 3 rings (SSSR count). The van der Waals surface area contributed by atoms with Crippen LogP contribution in [0.5, 0.6) is 5.75 Å². The molecule has 0 aliphatic rings. The highest BCUT2D eigenvalue weighted by Gasteiger charge is 2.13. The van der Waals surface area contributed by atoms with E-state index in [-0.39, 0.29) is 17.4 Å². The van der Waals surface area contributed by atoms with Crippen molar-refractivity contribution < 1.29 is 14.3 Å². The Morgan fingerprint density at radius 3 is 2.68 bits per heavy atom. The number of nitrogens with one attached hydrogen (secondary N) is 1. The molecule has 0 unspecified atom stereocenters. The minimum atomic E-state index is -0.163. The van der Waals surface area contributed by atoms with Crippen LogP contribution in [0.1, 0.15) is 24.2 Å². The molecule has 144 valence electrons. The molecule has 0 atom stereocenters. The summed E-state index contributed by atoms with van der Waals surface area (Å²) in [7, 11) is 0. The number of ketones is 1. The van der Waals surface area contributed by atoms with Gasteiger partial charge in [0.15, 0.2) is 5.78 Å². The smallest absolute Gasteiger partial charge is 0.221 e. The molecule has 0 aliphatic carbocycles. The molecular formula is C19H19N5O3S. The summed E-state index contributed by atoms with van der Waals surface area (Å²) < 4.78 is 6.91. The van der Waals surface area contributed by atoms with Crippen LogP contribution in [-0.2, 0) is 4.79 Å². The number of carbonyl (C=O) groups excluding carboxylic acids is 2. The van der Waals surface area contributed by atoms with E-state index in [1.807, 2.05) is 13.0 Å². The fourth-order valence-electron chi connectivity index (χ4n) is 2.47. The molecule has 2 aromatic carbocycles. The third kappa shape index (κ3) is 4.95. The first kappa shape index (κ1) is 19.6. The lowest BCUT2D eigenvalue weighted by atomic mass is 10.1. The van der Waals surface area contributed by atoms with Crippen LogP contribution in [-0.4, -0.2) is 44.3 Å². The van der Waals surface area contributed by atoms with Gasteiger partial charge in [0, 0.05) is 18.2 Å². The summed E-state index contributed by atoms with van der Waals surface area (Å²) in [5.74, 6) is 0.730. The first-order valence-electron chi connectivity index (χ1n) is 8.62. The van der Waals surface area contributed by atoms with Crippen LogP contribution in [0.2, 0.25) is 0 Å². The third-order valence-electron chi connectivity index (χ3n) is 3.67. The fraction of sp³-hybridized carbons (Fsp3) is 0.211. The number of rotatable bonds is 8. The van der Waals surface area contributed by atoms with Crippen molar-refractivity contribution in [3.05, 3.63) is 54.1 Å². The minimum Gasteiger partial charge on any atom is -0.494 e. The lowest BCUT2D eigenvalue weighted by Crippen LogP contribution is -2.07. The molecule has 0 aliphatic heterocycles. The van der Waals surface area contributed by atoms with Gasteiger partial charge >= 0.3 is 0 Å². The normalized spacial score (nSPS) is 10.5. The van der Waals surface area contributed by atoms with E-state index >= 15 is 0 Å². The van der Waals surface area contributed by atoms with E-state index in [1.54, 1.807) is 42.5 Å². The van der Waals surface area contributed by atoms with Crippen LogP contribution in [0.15, 0.2) is 53.7 Å². The second-order valence-corrected chi connectivity index (χ2v) is 6.72. The van der Waals surface area contributed by atoms with Crippen molar-refractivity contribution in [2.75, 3.05) is 17.7 Å². The summed E-state index contributed by atoms with van der Waals surface area (Å²) in [6.07, 6.45) is 0. The lowest BCUT2D eigenvalue weighted by molar-refractivity contribution is -0.114. The van der Waals surface area contributed by atoms with E-state index in [9.17, 15) is 9.59 Å². The average molecular weight is 397 g/mol. The van der Waals surface area contributed by atoms with Crippen LogP contribution in [0.25, 0.3) is 5.69 Å². The Morgan fingerprint density at radius 2 is 1.96 bits per heavy atom. The highest BCUT2D eigenvalue weighted by Crippen LogP contribution is 2.22. The molecular weight excluding hydrogens is 378 g/mol. The number of tetrazole rings is 1. The molecule has 0 saturated heterocycles. The Morgan fingerprint density at radius 1 is 1.18 bits per heavy atom. The van der Waals surface area contributed by atoms with E-state index in [2.05, 4.69) is 20.8 Å². The molecule has 1 aromatic heterocycles. The van der Waals surface area contributed by atoms with Crippen molar-refractivity contribution >= 4 is 29.1 Å². The summed E-state index contributed by atoms with van der Waals surface area (Å²) in [6.45, 7) is 3.93. The summed E-state index contributed by atoms with van der Waals surface area (Å²) in [4.78, 5) is 23.7. The van der Waals surface area contributed by atoms with Gasteiger partial charge in [-0.1, -0.05) is 17.8 Å². The second kappa shape index (κ2) is 9.14. The molecule has 0 bridgehead atoms. The zero-order valence-electron chi connectivity index (χ0n) is 15.5. The Bertz CT molecular complexity index is 972. The maximum Gasteiger partial charge on any atom is 0.221 e. The quantitative estimate of drug-likeness (QED) is 0.461. The van der Waals surface area contributed by atoms with Gasteiger partial charge in [-0.05, 0) is 59.8 Å². The Kier molecular flexibility index (Phi) is 6.38. The Hall–Kier alpha value is -3.20. The summed E-state index contributed by atoms with van der Waals surface area (Å²) >= 11 is 1.24. The first-order chi connectivity index (χ1) is 13.6. The van der Waals surface area contributed by atoms with Gasteiger partial charge in [0.1, 0.15) is 5.75 Å². The lowest BCUT2D eigenvalue weighted by Gasteiger charge is -2.07. The standard InChI is InChI=1S/C19H19N5O3S/c1-3-27-17-9-7-14(8-10-17)18(26)12-28-19-21-22-23-24(19)16-6-4-5-15(11-16)20-13(2)25/h4-11H,3,12H2,1-2H3,(H,20,25). The van der Waals surface area contributed by atoms with Gasteiger partial charge < -0.3 is 10.1 Å². The minimum absolute atomic E-state index is 0.0328. The van der Waals surface area contributed by atoms with Crippen LogP contribution < -0.4 is 10.1 Å². The van der Waals surface area contributed by atoms with Gasteiger partial charge in [0.25, 0.3) is 0 Å². The summed E-state index contributed by atoms with van der Waals surface area (Å²) in [5.41, 5.74) is 1.93. The highest BCUT2D eigenvalue weighted by molar-refractivity contribution is 7.99.